The second-order valence-corrected chi connectivity index (χ2v) is 4.15. The van der Waals surface area contributed by atoms with Gasteiger partial charge in [-0.05, 0) is 30.7 Å². The number of nitrogens with zero attached hydrogens (tertiary/aromatic N) is 1. The molecule has 0 saturated heterocycles. The van der Waals surface area contributed by atoms with Crippen LogP contribution >= 0.6 is 12.4 Å². The lowest BCUT2D eigenvalue weighted by Crippen LogP contribution is -2.02. The van der Waals surface area contributed by atoms with Gasteiger partial charge in [0.25, 0.3) is 0 Å². The van der Waals surface area contributed by atoms with Crippen LogP contribution < -0.4 is 15.8 Å². The number of aromatic nitrogens is 1. The van der Waals surface area contributed by atoms with Crippen molar-refractivity contribution < 1.29 is 9.13 Å². The van der Waals surface area contributed by atoms with Gasteiger partial charge in [-0.15, -0.1) is 12.4 Å². The molecular formula is C14H17ClFN3O. The fourth-order valence-electron chi connectivity index (χ4n) is 1.70. The number of nitrogens with two attached hydrogens (primary N) is 1. The molecule has 0 aliphatic heterocycles. The maximum absolute atomic E-state index is 13.4. The summed E-state index contributed by atoms with van der Waals surface area (Å²) in [5.74, 6) is 0.895. The Kier molecular flexibility index (Phi) is 5.73. The molecule has 0 amide bonds. The third-order valence-electron chi connectivity index (χ3n) is 2.81. The van der Waals surface area contributed by atoms with Crippen LogP contribution in [0.4, 0.5) is 15.9 Å². The summed E-state index contributed by atoms with van der Waals surface area (Å²) in [6.07, 6.45) is 0. The van der Waals surface area contributed by atoms with Crippen LogP contribution in [0, 0.1) is 12.7 Å². The maximum atomic E-state index is 13.4. The van der Waals surface area contributed by atoms with Crippen molar-refractivity contribution in [1.29, 1.82) is 0 Å². The molecule has 20 heavy (non-hydrogen) atoms. The Hall–Kier alpha value is -1.85. The smallest absolute Gasteiger partial charge is 0.214 e. The van der Waals surface area contributed by atoms with E-state index < -0.39 is 0 Å². The van der Waals surface area contributed by atoms with Crippen molar-refractivity contribution >= 4 is 23.9 Å². The van der Waals surface area contributed by atoms with Crippen molar-refractivity contribution in [2.75, 3.05) is 12.4 Å². The molecule has 4 nitrogen and oxygen atoms in total. The Bertz CT molecular complexity index is 593. The SMILES string of the molecule is COc1ccc(C)c(Nc2ccc(F)c(CN)c2)n1.Cl. The number of hydrogen-bond donors (Lipinski definition) is 2. The molecule has 0 radical (unpaired) electrons. The zero-order valence-electron chi connectivity index (χ0n) is 11.3. The van der Waals surface area contributed by atoms with Gasteiger partial charge < -0.3 is 15.8 Å². The Morgan fingerprint density at radius 2 is 2.05 bits per heavy atom. The minimum absolute atomic E-state index is 0. The summed E-state index contributed by atoms with van der Waals surface area (Å²) in [5.41, 5.74) is 7.66. The molecule has 0 atom stereocenters. The van der Waals surface area contributed by atoms with Crippen molar-refractivity contribution in [3.63, 3.8) is 0 Å². The number of ether oxygens (including phenoxy) is 1. The molecule has 0 bridgehead atoms. The van der Waals surface area contributed by atoms with E-state index in [2.05, 4.69) is 10.3 Å². The van der Waals surface area contributed by atoms with Gasteiger partial charge in [0.2, 0.25) is 5.88 Å². The van der Waals surface area contributed by atoms with Crippen molar-refractivity contribution in [1.82, 2.24) is 4.98 Å². The molecule has 2 rings (SSSR count). The van der Waals surface area contributed by atoms with Crippen LogP contribution in [0.2, 0.25) is 0 Å². The standard InChI is InChI=1S/C14H16FN3O.ClH/c1-9-3-6-13(19-2)18-14(9)17-11-4-5-12(15)10(7-11)8-16;/h3-7H,8,16H2,1-2H3,(H,17,18);1H. The molecule has 0 saturated carbocycles. The predicted molar refractivity (Wildman–Crippen MR) is 80.3 cm³/mol. The lowest BCUT2D eigenvalue weighted by Gasteiger charge is -2.11. The highest BCUT2D eigenvalue weighted by atomic mass is 35.5. The molecule has 3 N–H and O–H groups in total. The first-order valence-corrected chi connectivity index (χ1v) is 5.91. The third-order valence-corrected chi connectivity index (χ3v) is 2.81. The molecule has 2 aromatic rings. The van der Waals surface area contributed by atoms with Gasteiger partial charge in [-0.25, -0.2) is 4.39 Å². The van der Waals surface area contributed by atoms with Crippen molar-refractivity contribution in [3.05, 3.63) is 47.3 Å². The highest BCUT2D eigenvalue weighted by Crippen LogP contribution is 2.22. The van der Waals surface area contributed by atoms with E-state index in [1.54, 1.807) is 25.3 Å². The number of halogens is 2. The number of nitrogens with one attached hydrogen (secondary N) is 1. The summed E-state index contributed by atoms with van der Waals surface area (Å²) in [7, 11) is 1.56. The Balaban J connectivity index is 0.00000200. The van der Waals surface area contributed by atoms with Gasteiger partial charge in [-0.1, -0.05) is 6.07 Å². The zero-order chi connectivity index (χ0) is 13.8. The molecule has 0 spiro atoms. The number of anilines is 2. The monoisotopic (exact) mass is 297 g/mol. The third kappa shape index (κ3) is 3.59. The molecule has 1 aromatic heterocycles. The summed E-state index contributed by atoms with van der Waals surface area (Å²) in [4.78, 5) is 4.31. The molecule has 1 heterocycles. The molecule has 6 heteroatoms. The van der Waals surface area contributed by atoms with Crippen molar-refractivity contribution in [2.45, 2.75) is 13.5 Å². The molecule has 0 aliphatic rings. The van der Waals surface area contributed by atoms with Crippen LogP contribution in [-0.2, 0) is 6.54 Å². The van der Waals surface area contributed by atoms with Gasteiger partial charge in [-0.3, -0.25) is 0 Å². The number of methoxy groups -OCH3 is 1. The minimum atomic E-state index is -0.302. The largest absolute Gasteiger partial charge is 0.481 e. The lowest BCUT2D eigenvalue weighted by atomic mass is 10.2. The first-order chi connectivity index (χ1) is 9.13. The van der Waals surface area contributed by atoms with Gasteiger partial charge in [0.05, 0.1) is 7.11 Å². The molecule has 0 fully saturated rings. The van der Waals surface area contributed by atoms with Crippen molar-refractivity contribution in [3.8, 4) is 5.88 Å². The zero-order valence-corrected chi connectivity index (χ0v) is 12.1. The topological polar surface area (TPSA) is 60.2 Å². The summed E-state index contributed by atoms with van der Waals surface area (Å²) in [5, 5.41) is 3.14. The average molecular weight is 298 g/mol. The Morgan fingerprint density at radius 3 is 2.70 bits per heavy atom. The van der Waals surface area contributed by atoms with Gasteiger partial charge in [0.15, 0.2) is 0 Å². The molecule has 0 aliphatic carbocycles. The van der Waals surface area contributed by atoms with Crippen LogP contribution in [0.3, 0.4) is 0 Å². The second-order valence-electron chi connectivity index (χ2n) is 4.15. The predicted octanol–water partition coefficient (Wildman–Crippen LogP) is 3.16. The maximum Gasteiger partial charge on any atom is 0.214 e. The van der Waals surface area contributed by atoms with E-state index in [1.807, 2.05) is 13.0 Å². The number of hydrogen-bond acceptors (Lipinski definition) is 4. The fourth-order valence-corrected chi connectivity index (χ4v) is 1.70. The number of rotatable bonds is 4. The quantitative estimate of drug-likeness (QED) is 0.910. The van der Waals surface area contributed by atoms with Gasteiger partial charge in [-0.2, -0.15) is 4.98 Å². The van der Waals surface area contributed by atoms with E-state index in [0.29, 0.717) is 17.3 Å². The van der Waals surface area contributed by atoms with Gasteiger partial charge in [0, 0.05) is 23.9 Å². The van der Waals surface area contributed by atoms with E-state index in [1.165, 1.54) is 6.07 Å². The number of benzene rings is 1. The van der Waals surface area contributed by atoms with Gasteiger partial charge >= 0.3 is 0 Å². The van der Waals surface area contributed by atoms with E-state index in [4.69, 9.17) is 10.5 Å². The van der Waals surface area contributed by atoms with E-state index in [-0.39, 0.29) is 24.8 Å². The summed E-state index contributed by atoms with van der Waals surface area (Å²) in [6, 6.07) is 8.41. The Labute approximate surface area is 123 Å². The first-order valence-electron chi connectivity index (χ1n) is 5.91. The summed E-state index contributed by atoms with van der Waals surface area (Å²) < 4.78 is 18.4. The molecule has 0 unspecified atom stereocenters. The fraction of sp³-hybridized carbons (Fsp3) is 0.214. The highest BCUT2D eigenvalue weighted by molar-refractivity contribution is 5.85. The number of aryl methyl sites for hydroxylation is 1. The molecule has 1 aromatic carbocycles. The molecule has 108 valence electrons. The second kappa shape index (κ2) is 7.07. The van der Waals surface area contributed by atoms with E-state index in [0.717, 1.165) is 11.3 Å². The summed E-state index contributed by atoms with van der Waals surface area (Å²) in [6.45, 7) is 2.09. The normalized spacial score (nSPS) is 9.80. The van der Waals surface area contributed by atoms with Crippen molar-refractivity contribution in [2.24, 2.45) is 5.73 Å². The van der Waals surface area contributed by atoms with Crippen LogP contribution in [0.1, 0.15) is 11.1 Å². The first kappa shape index (κ1) is 16.2. The van der Waals surface area contributed by atoms with E-state index >= 15 is 0 Å². The Morgan fingerprint density at radius 1 is 1.30 bits per heavy atom. The van der Waals surface area contributed by atoms with E-state index in [9.17, 15) is 4.39 Å². The average Bonchev–Trinajstić information content (AvgIpc) is 2.43. The van der Waals surface area contributed by atoms with Crippen LogP contribution in [0.25, 0.3) is 0 Å². The summed E-state index contributed by atoms with van der Waals surface area (Å²) >= 11 is 0. The van der Waals surface area contributed by atoms with Crippen LogP contribution in [0.15, 0.2) is 30.3 Å². The number of pyridine rings is 1. The highest BCUT2D eigenvalue weighted by Gasteiger charge is 2.06. The minimum Gasteiger partial charge on any atom is -0.481 e. The lowest BCUT2D eigenvalue weighted by molar-refractivity contribution is 0.398. The van der Waals surface area contributed by atoms with Gasteiger partial charge in [0.1, 0.15) is 11.6 Å². The van der Waals surface area contributed by atoms with Crippen LogP contribution in [-0.4, -0.2) is 12.1 Å². The molecular weight excluding hydrogens is 281 g/mol. The van der Waals surface area contributed by atoms with Crippen LogP contribution in [0.5, 0.6) is 5.88 Å².